The van der Waals surface area contributed by atoms with Gasteiger partial charge in [-0.25, -0.2) is 9.18 Å². The molecule has 0 spiro atoms. The van der Waals surface area contributed by atoms with Gasteiger partial charge >= 0.3 is 6.09 Å². The van der Waals surface area contributed by atoms with Gasteiger partial charge in [0.15, 0.2) is 0 Å². The largest absolute Gasteiger partial charge is 0.444 e. The fourth-order valence-electron chi connectivity index (χ4n) is 3.81. The summed E-state index contributed by atoms with van der Waals surface area (Å²) in [4.78, 5) is 29.7. The highest BCUT2D eigenvalue weighted by Gasteiger charge is 2.21. The number of alkyl carbamates (subject to hydrolysis) is 1. The Morgan fingerprint density at radius 1 is 1.03 bits per heavy atom. The molecule has 3 N–H and O–H groups in total. The molecule has 0 saturated carbocycles. The third-order valence-corrected chi connectivity index (χ3v) is 6.43. The lowest BCUT2D eigenvalue weighted by atomic mass is 9.97. The van der Waals surface area contributed by atoms with E-state index in [1.807, 2.05) is 51.1 Å². The molecule has 6 nitrogen and oxygen atoms in total. The minimum absolute atomic E-state index is 0.202. The minimum atomic E-state index is -0.528. The topological polar surface area (TPSA) is 83.2 Å². The summed E-state index contributed by atoms with van der Waals surface area (Å²) in [5, 5.41) is 6.75. The van der Waals surface area contributed by atoms with E-state index in [0.29, 0.717) is 18.8 Å². The van der Waals surface area contributed by atoms with Gasteiger partial charge in [-0.3, -0.25) is 4.79 Å². The number of H-pyrrole nitrogens is 1. The van der Waals surface area contributed by atoms with Gasteiger partial charge in [0.1, 0.15) is 17.1 Å². The Morgan fingerprint density at radius 2 is 1.71 bits per heavy atom. The SMILES string of the molecule is CC(CNC(=O)OC(C)(C)C)C[C@H](C)CNC(=O)c1[nH]c2ccccc2c1Sc1cccc(F)c1. The second kappa shape index (κ2) is 11.6. The van der Waals surface area contributed by atoms with Gasteiger partial charge in [0.2, 0.25) is 0 Å². The molecule has 2 aromatic carbocycles. The molecular formula is C27H34FN3O3S. The van der Waals surface area contributed by atoms with E-state index in [1.54, 1.807) is 6.07 Å². The lowest BCUT2D eigenvalue weighted by molar-refractivity contribution is 0.0518. The first kappa shape index (κ1) is 26.6. The Bertz CT molecular complexity index is 1170. The van der Waals surface area contributed by atoms with Crippen molar-refractivity contribution >= 4 is 34.7 Å². The van der Waals surface area contributed by atoms with Crippen LogP contribution in [-0.4, -0.2) is 35.7 Å². The van der Waals surface area contributed by atoms with Crippen molar-refractivity contribution in [3.05, 3.63) is 60.0 Å². The Hall–Kier alpha value is -3.00. The van der Waals surface area contributed by atoms with Gasteiger partial charge in [0.05, 0.1) is 4.90 Å². The van der Waals surface area contributed by atoms with E-state index in [-0.39, 0.29) is 23.6 Å². The van der Waals surface area contributed by atoms with E-state index in [0.717, 1.165) is 27.1 Å². The summed E-state index contributed by atoms with van der Waals surface area (Å²) in [6.45, 7) is 10.6. The fourth-order valence-corrected chi connectivity index (χ4v) is 4.90. The van der Waals surface area contributed by atoms with Crippen LogP contribution in [0, 0.1) is 17.7 Å². The average Bonchev–Trinajstić information content (AvgIpc) is 3.13. The summed E-state index contributed by atoms with van der Waals surface area (Å²) in [5.74, 6) is -0.0869. The quantitative estimate of drug-likeness (QED) is 0.319. The third kappa shape index (κ3) is 8.02. The van der Waals surface area contributed by atoms with Crippen molar-refractivity contribution in [1.29, 1.82) is 0 Å². The zero-order valence-electron chi connectivity index (χ0n) is 20.9. The highest BCUT2D eigenvalue weighted by atomic mass is 32.2. The van der Waals surface area contributed by atoms with Crippen molar-refractivity contribution in [2.75, 3.05) is 13.1 Å². The number of hydrogen-bond acceptors (Lipinski definition) is 4. The number of carbonyl (C=O) groups is 2. The molecular weight excluding hydrogens is 465 g/mol. The van der Waals surface area contributed by atoms with E-state index in [2.05, 4.69) is 29.5 Å². The van der Waals surface area contributed by atoms with Crippen LogP contribution < -0.4 is 10.6 Å². The monoisotopic (exact) mass is 499 g/mol. The molecule has 3 aromatic rings. The number of benzene rings is 2. The number of ether oxygens (including phenoxy) is 1. The van der Waals surface area contributed by atoms with Crippen molar-refractivity contribution in [2.45, 2.75) is 56.4 Å². The van der Waals surface area contributed by atoms with Crippen molar-refractivity contribution in [2.24, 2.45) is 11.8 Å². The second-order valence-corrected chi connectivity index (χ2v) is 11.1. The number of hydrogen-bond donors (Lipinski definition) is 3. The summed E-state index contributed by atoms with van der Waals surface area (Å²) in [5.41, 5.74) is 0.790. The Labute approximate surface area is 210 Å². The van der Waals surface area contributed by atoms with Crippen LogP contribution in [0.2, 0.25) is 0 Å². The maximum Gasteiger partial charge on any atom is 0.407 e. The Kier molecular flexibility index (Phi) is 8.83. The molecule has 0 fully saturated rings. The number of carbonyl (C=O) groups excluding carboxylic acids is 2. The molecule has 35 heavy (non-hydrogen) atoms. The van der Waals surface area contributed by atoms with Gasteiger partial charge in [0.25, 0.3) is 5.91 Å². The molecule has 8 heteroatoms. The van der Waals surface area contributed by atoms with Gasteiger partial charge in [-0.15, -0.1) is 0 Å². The molecule has 2 atom stereocenters. The van der Waals surface area contributed by atoms with Crippen LogP contribution in [-0.2, 0) is 4.74 Å². The molecule has 3 rings (SSSR count). The first-order valence-corrected chi connectivity index (χ1v) is 12.6. The van der Waals surface area contributed by atoms with Crippen LogP contribution in [0.1, 0.15) is 51.5 Å². The number of rotatable bonds is 9. The van der Waals surface area contributed by atoms with Crippen molar-refractivity contribution in [3.8, 4) is 0 Å². The molecule has 1 heterocycles. The lowest BCUT2D eigenvalue weighted by Gasteiger charge is -2.22. The number of aromatic nitrogens is 1. The first-order valence-electron chi connectivity index (χ1n) is 11.8. The number of fused-ring (bicyclic) bond motifs is 1. The van der Waals surface area contributed by atoms with Gasteiger partial charge in [-0.05, 0) is 63.3 Å². The van der Waals surface area contributed by atoms with Crippen LogP contribution in [0.5, 0.6) is 0 Å². The molecule has 0 aliphatic rings. The van der Waals surface area contributed by atoms with Gasteiger partial charge in [0, 0.05) is 28.9 Å². The van der Waals surface area contributed by atoms with Gasteiger partial charge in [-0.1, -0.05) is 49.9 Å². The van der Waals surface area contributed by atoms with Crippen molar-refractivity contribution < 1.29 is 18.7 Å². The molecule has 1 aromatic heterocycles. The maximum atomic E-state index is 13.7. The average molecular weight is 500 g/mol. The molecule has 0 bridgehead atoms. The number of halogens is 1. The van der Waals surface area contributed by atoms with E-state index < -0.39 is 11.7 Å². The van der Waals surface area contributed by atoms with Crippen molar-refractivity contribution in [3.63, 3.8) is 0 Å². The first-order chi connectivity index (χ1) is 16.5. The fraction of sp³-hybridized carbons (Fsp3) is 0.407. The van der Waals surface area contributed by atoms with Crippen LogP contribution in [0.15, 0.2) is 58.3 Å². The van der Waals surface area contributed by atoms with Crippen molar-refractivity contribution in [1.82, 2.24) is 15.6 Å². The summed E-state index contributed by atoms with van der Waals surface area (Å²) in [6.07, 6.45) is 0.403. The summed E-state index contributed by atoms with van der Waals surface area (Å²) >= 11 is 1.37. The number of aromatic amines is 1. The van der Waals surface area contributed by atoms with Crippen LogP contribution in [0.25, 0.3) is 10.9 Å². The summed E-state index contributed by atoms with van der Waals surface area (Å²) < 4.78 is 19.0. The summed E-state index contributed by atoms with van der Waals surface area (Å²) in [6, 6.07) is 14.0. The van der Waals surface area contributed by atoms with Gasteiger partial charge in [-0.2, -0.15) is 0 Å². The zero-order valence-corrected chi connectivity index (χ0v) is 21.7. The second-order valence-electron chi connectivity index (χ2n) is 9.97. The highest BCUT2D eigenvalue weighted by Crippen LogP contribution is 2.37. The normalized spacial score (nSPS) is 13.3. The minimum Gasteiger partial charge on any atom is -0.444 e. The van der Waals surface area contributed by atoms with E-state index in [9.17, 15) is 14.0 Å². The lowest BCUT2D eigenvalue weighted by Crippen LogP contribution is -2.35. The number of nitrogens with one attached hydrogen (secondary N) is 3. The van der Waals surface area contributed by atoms with E-state index >= 15 is 0 Å². The predicted octanol–water partition coefficient (Wildman–Crippen LogP) is 6.38. The van der Waals surface area contributed by atoms with E-state index in [1.165, 1.54) is 23.9 Å². The van der Waals surface area contributed by atoms with E-state index in [4.69, 9.17) is 4.74 Å². The Morgan fingerprint density at radius 3 is 2.40 bits per heavy atom. The molecule has 0 aliphatic carbocycles. The standard InChI is InChI=1S/C27H34FN3O3S/c1-17(13-18(2)16-30-26(33)34-27(3,4)5)15-29-25(32)23-24(21-11-6-7-12-22(21)31-23)35-20-10-8-9-19(28)14-20/h6-12,14,17-18,31H,13,15-16H2,1-5H3,(H,29,32)(H,30,33)/t17-,18?/m0/s1. The zero-order chi connectivity index (χ0) is 25.6. The van der Waals surface area contributed by atoms with Gasteiger partial charge < -0.3 is 20.4 Å². The smallest absolute Gasteiger partial charge is 0.407 e. The number of para-hydroxylation sites is 1. The maximum absolute atomic E-state index is 13.7. The van der Waals surface area contributed by atoms with Crippen LogP contribution in [0.4, 0.5) is 9.18 Å². The third-order valence-electron chi connectivity index (χ3n) is 5.31. The number of amides is 2. The van der Waals surface area contributed by atoms with Crippen LogP contribution >= 0.6 is 11.8 Å². The molecule has 0 radical (unpaired) electrons. The Balaban J connectivity index is 1.60. The highest BCUT2D eigenvalue weighted by molar-refractivity contribution is 7.99. The molecule has 188 valence electrons. The molecule has 0 saturated heterocycles. The molecule has 1 unspecified atom stereocenters. The summed E-state index contributed by atoms with van der Waals surface area (Å²) in [7, 11) is 0. The molecule has 2 amide bonds. The molecule has 0 aliphatic heterocycles. The van der Waals surface area contributed by atoms with Crippen LogP contribution in [0.3, 0.4) is 0 Å². The predicted molar refractivity (Wildman–Crippen MR) is 138 cm³/mol.